The summed E-state index contributed by atoms with van der Waals surface area (Å²) in [7, 11) is -0.744. The lowest BCUT2D eigenvalue weighted by Crippen LogP contribution is -2.23. The summed E-state index contributed by atoms with van der Waals surface area (Å²) in [5, 5.41) is 4.38. The van der Waals surface area contributed by atoms with Gasteiger partial charge in [0, 0.05) is 22.6 Å². The van der Waals surface area contributed by atoms with E-state index < -0.39 is 9.84 Å². The Kier molecular flexibility index (Phi) is 6.36. The Labute approximate surface area is 197 Å². The zero-order chi connectivity index (χ0) is 23.8. The van der Waals surface area contributed by atoms with Crippen LogP contribution in [0.4, 0.5) is 5.69 Å². The van der Waals surface area contributed by atoms with Crippen molar-refractivity contribution in [3.63, 3.8) is 0 Å². The van der Waals surface area contributed by atoms with Gasteiger partial charge in [-0.05, 0) is 55.8 Å². The maximum absolute atomic E-state index is 13.3. The number of benzene rings is 2. The van der Waals surface area contributed by atoms with E-state index in [-0.39, 0.29) is 34.1 Å². The van der Waals surface area contributed by atoms with Crippen molar-refractivity contribution in [1.82, 2.24) is 0 Å². The number of rotatable bonds is 7. The van der Waals surface area contributed by atoms with Crippen LogP contribution in [-0.2, 0) is 14.6 Å². The molecule has 0 bridgehead atoms. The van der Waals surface area contributed by atoms with Crippen molar-refractivity contribution < 1.29 is 27.4 Å². The van der Waals surface area contributed by atoms with E-state index in [2.05, 4.69) is 5.32 Å². The summed E-state index contributed by atoms with van der Waals surface area (Å²) >= 11 is 1.32. The van der Waals surface area contributed by atoms with E-state index >= 15 is 0 Å². The van der Waals surface area contributed by atoms with Crippen molar-refractivity contribution in [2.45, 2.75) is 42.1 Å². The van der Waals surface area contributed by atoms with Crippen molar-refractivity contribution in [2.75, 3.05) is 19.5 Å². The summed E-state index contributed by atoms with van der Waals surface area (Å²) in [5.74, 6) is 1.22. The monoisotopic (exact) mass is 487 g/mol. The van der Waals surface area contributed by atoms with Crippen LogP contribution in [0.1, 0.15) is 36.6 Å². The Balaban J connectivity index is 1.75. The van der Waals surface area contributed by atoms with Crippen LogP contribution in [0.25, 0.3) is 0 Å². The van der Waals surface area contributed by atoms with Gasteiger partial charge >= 0.3 is 0 Å². The normalized spacial score (nSPS) is 15.7. The maximum atomic E-state index is 13.3. The third-order valence-electron chi connectivity index (χ3n) is 5.37. The molecule has 0 radical (unpaired) electrons. The van der Waals surface area contributed by atoms with Crippen molar-refractivity contribution in [2.24, 2.45) is 0 Å². The van der Waals surface area contributed by atoms with E-state index in [9.17, 15) is 13.2 Å². The summed E-state index contributed by atoms with van der Waals surface area (Å²) in [5.41, 5.74) is 1.20. The molecular weight excluding hydrogens is 462 g/mol. The number of hydrogen-bond donors (Lipinski definition) is 1. The van der Waals surface area contributed by atoms with E-state index in [1.165, 1.54) is 30.6 Å². The molecule has 0 saturated carbocycles. The Morgan fingerprint density at radius 3 is 2.39 bits per heavy atom. The molecule has 1 atom stereocenters. The minimum atomic E-state index is -3.83. The van der Waals surface area contributed by atoms with E-state index in [0.717, 1.165) is 10.4 Å². The number of hydrogen-bond acceptors (Lipinski definition) is 7. The third kappa shape index (κ3) is 4.43. The highest BCUT2D eigenvalue weighted by Crippen LogP contribution is 2.47. The van der Waals surface area contributed by atoms with Crippen LogP contribution in [0.3, 0.4) is 0 Å². The number of methoxy groups -OCH3 is 2. The average Bonchev–Trinajstić information content (AvgIpc) is 3.23. The zero-order valence-corrected chi connectivity index (χ0v) is 20.4. The predicted octanol–water partition coefficient (Wildman–Crippen LogP) is 4.86. The van der Waals surface area contributed by atoms with Gasteiger partial charge in [-0.3, -0.25) is 4.79 Å². The molecule has 0 aliphatic carbocycles. The average molecular weight is 488 g/mol. The molecule has 174 valence electrons. The molecule has 1 aliphatic heterocycles. The van der Waals surface area contributed by atoms with Gasteiger partial charge in [-0.2, -0.15) is 0 Å². The molecule has 3 aromatic rings. The molecule has 7 nitrogen and oxygen atoms in total. The summed E-state index contributed by atoms with van der Waals surface area (Å²) in [6, 6.07) is 11.8. The largest absolute Gasteiger partial charge is 0.497 e. The van der Waals surface area contributed by atoms with E-state index in [0.29, 0.717) is 22.9 Å². The van der Waals surface area contributed by atoms with Gasteiger partial charge in [-0.15, -0.1) is 11.3 Å². The molecule has 1 unspecified atom stereocenters. The number of amides is 1. The quantitative estimate of drug-likeness (QED) is 0.512. The Morgan fingerprint density at radius 2 is 1.76 bits per heavy atom. The Morgan fingerprint density at radius 1 is 1.03 bits per heavy atom. The van der Waals surface area contributed by atoms with Crippen LogP contribution in [0.15, 0.2) is 57.6 Å². The smallest absolute Gasteiger partial charge is 0.225 e. The van der Waals surface area contributed by atoms with Gasteiger partial charge in [-0.25, -0.2) is 8.42 Å². The van der Waals surface area contributed by atoms with Crippen molar-refractivity contribution in [3.05, 3.63) is 58.3 Å². The fraction of sp³-hybridized carbons (Fsp3) is 0.292. The number of sulfone groups is 1. The second-order valence-electron chi connectivity index (χ2n) is 7.90. The van der Waals surface area contributed by atoms with Crippen LogP contribution in [0.5, 0.6) is 17.2 Å². The van der Waals surface area contributed by atoms with Gasteiger partial charge in [-0.1, -0.05) is 6.07 Å². The minimum Gasteiger partial charge on any atom is -0.497 e. The van der Waals surface area contributed by atoms with Gasteiger partial charge in [0.1, 0.15) is 10.6 Å². The molecule has 1 amide bonds. The standard InChI is InChI=1S/C24H25NO6S2/c1-14(2)31-19-10-5-15(11-20(19)30-4)18-12-22(26)25-23-21(13-32-24(18)23)33(27,28)17-8-6-16(29-3)7-9-17/h5-11,13-14,18H,12H2,1-4H3,(H,25,26). The first-order valence-corrected chi connectivity index (χ1v) is 12.8. The van der Waals surface area contributed by atoms with E-state index in [4.69, 9.17) is 14.2 Å². The van der Waals surface area contributed by atoms with E-state index in [1.807, 2.05) is 32.0 Å². The van der Waals surface area contributed by atoms with Gasteiger partial charge < -0.3 is 19.5 Å². The minimum absolute atomic E-state index is 0.0140. The lowest BCUT2D eigenvalue weighted by atomic mass is 9.90. The SMILES string of the molecule is COc1ccc(S(=O)(=O)c2csc3c2NC(=O)CC3c2ccc(OC(C)C)c(OC)c2)cc1. The van der Waals surface area contributed by atoms with Crippen LogP contribution in [-0.4, -0.2) is 34.6 Å². The molecule has 0 saturated heterocycles. The molecule has 1 N–H and O–H groups in total. The number of fused-ring (bicyclic) bond motifs is 1. The Hall–Kier alpha value is -3.04. The van der Waals surface area contributed by atoms with Crippen LogP contribution >= 0.6 is 11.3 Å². The van der Waals surface area contributed by atoms with Gasteiger partial charge in [0.05, 0.1) is 30.9 Å². The first-order chi connectivity index (χ1) is 15.7. The Bertz CT molecular complexity index is 1280. The van der Waals surface area contributed by atoms with Crippen LogP contribution < -0.4 is 19.5 Å². The predicted molar refractivity (Wildman–Crippen MR) is 127 cm³/mol. The zero-order valence-electron chi connectivity index (χ0n) is 18.7. The van der Waals surface area contributed by atoms with Crippen molar-refractivity contribution in [1.29, 1.82) is 0 Å². The topological polar surface area (TPSA) is 90.9 Å². The summed E-state index contributed by atoms with van der Waals surface area (Å²) in [4.78, 5) is 13.6. The third-order valence-corrected chi connectivity index (χ3v) is 8.41. The number of anilines is 1. The number of thiophene rings is 1. The molecule has 2 aromatic carbocycles. The summed E-state index contributed by atoms with van der Waals surface area (Å²) in [6.45, 7) is 3.86. The van der Waals surface area contributed by atoms with Gasteiger partial charge in [0.15, 0.2) is 11.5 Å². The molecule has 2 heterocycles. The summed E-state index contributed by atoms with van der Waals surface area (Å²) in [6.07, 6.45) is 0.197. The van der Waals surface area contributed by atoms with Crippen LogP contribution in [0, 0.1) is 0 Å². The van der Waals surface area contributed by atoms with Crippen molar-refractivity contribution in [3.8, 4) is 17.2 Å². The highest BCUT2D eigenvalue weighted by atomic mass is 32.2. The number of carbonyl (C=O) groups excluding carboxylic acids is 1. The maximum Gasteiger partial charge on any atom is 0.225 e. The first-order valence-electron chi connectivity index (χ1n) is 10.4. The fourth-order valence-corrected chi connectivity index (χ4v) is 6.71. The van der Waals surface area contributed by atoms with Gasteiger partial charge in [0.2, 0.25) is 15.7 Å². The lowest BCUT2D eigenvalue weighted by molar-refractivity contribution is -0.116. The molecule has 0 fully saturated rings. The number of nitrogens with one attached hydrogen (secondary N) is 1. The van der Waals surface area contributed by atoms with Crippen molar-refractivity contribution >= 4 is 32.8 Å². The molecule has 4 rings (SSSR count). The first kappa shape index (κ1) is 23.1. The molecule has 33 heavy (non-hydrogen) atoms. The molecular formula is C24H25NO6S2. The number of carbonyl (C=O) groups is 1. The number of ether oxygens (including phenoxy) is 3. The molecule has 1 aromatic heterocycles. The fourth-order valence-electron chi connectivity index (χ4n) is 3.81. The highest BCUT2D eigenvalue weighted by Gasteiger charge is 2.34. The van der Waals surface area contributed by atoms with E-state index in [1.54, 1.807) is 24.6 Å². The summed E-state index contributed by atoms with van der Waals surface area (Å²) < 4.78 is 43.1. The van der Waals surface area contributed by atoms with Gasteiger partial charge in [0.25, 0.3) is 0 Å². The highest BCUT2D eigenvalue weighted by molar-refractivity contribution is 7.91. The van der Waals surface area contributed by atoms with Crippen LogP contribution in [0.2, 0.25) is 0 Å². The lowest BCUT2D eigenvalue weighted by Gasteiger charge is -2.24. The molecule has 9 heteroatoms. The second kappa shape index (κ2) is 9.07. The second-order valence-corrected chi connectivity index (χ2v) is 10.7. The molecule has 1 aliphatic rings. The molecule has 0 spiro atoms.